The van der Waals surface area contributed by atoms with Gasteiger partial charge in [0.1, 0.15) is 11.2 Å². The molecule has 2 aromatic carbocycles. The molecule has 2 heterocycles. The Hall–Kier alpha value is -3.99. The molecule has 0 unspecified atom stereocenters. The molecular formula is C33H36N2O3. The standard InChI is InChI=1S/C33H36N2O3/c1-7-13-23-19-25-15-9-11-17-27(25)34-29(23)21-32(3,4)37-31(36)38-33(5,6)22-30-24(14-8-2)20-26-16-10-12-18-28(26)35-30/h7-20H,21-22H2,1-6H3/b13-7+,14-8+. The first kappa shape index (κ1) is 27.1. The zero-order chi connectivity index (χ0) is 27.3. The van der Waals surface area contributed by atoms with Gasteiger partial charge < -0.3 is 9.47 Å². The smallest absolute Gasteiger partial charge is 0.428 e. The van der Waals surface area contributed by atoms with Gasteiger partial charge in [-0.3, -0.25) is 9.97 Å². The van der Waals surface area contributed by atoms with Crippen LogP contribution in [0, 0.1) is 0 Å². The summed E-state index contributed by atoms with van der Waals surface area (Å²) >= 11 is 0. The highest BCUT2D eigenvalue weighted by atomic mass is 16.7. The molecule has 0 saturated carbocycles. The van der Waals surface area contributed by atoms with Crippen molar-refractivity contribution in [3.05, 3.63) is 95.3 Å². The molecule has 4 aromatic rings. The Balaban J connectivity index is 1.50. The van der Waals surface area contributed by atoms with Gasteiger partial charge in [0.25, 0.3) is 0 Å². The number of carbonyl (C=O) groups is 1. The zero-order valence-electron chi connectivity index (χ0n) is 23.1. The maximum atomic E-state index is 13.0. The summed E-state index contributed by atoms with van der Waals surface area (Å²) in [6, 6.07) is 20.3. The van der Waals surface area contributed by atoms with Crippen LogP contribution in [-0.4, -0.2) is 27.3 Å². The highest BCUT2D eigenvalue weighted by Gasteiger charge is 2.31. The molecule has 38 heavy (non-hydrogen) atoms. The van der Waals surface area contributed by atoms with Gasteiger partial charge >= 0.3 is 6.16 Å². The maximum absolute atomic E-state index is 13.0. The summed E-state index contributed by atoms with van der Waals surface area (Å²) in [6.45, 7) is 11.5. The Morgan fingerprint density at radius 2 is 1.11 bits per heavy atom. The van der Waals surface area contributed by atoms with Gasteiger partial charge in [-0.2, -0.15) is 0 Å². The Bertz CT molecular complexity index is 1400. The summed E-state index contributed by atoms with van der Waals surface area (Å²) in [5, 5.41) is 2.15. The van der Waals surface area contributed by atoms with Crippen molar-refractivity contribution in [2.24, 2.45) is 0 Å². The number of para-hydroxylation sites is 2. The topological polar surface area (TPSA) is 61.3 Å². The number of aromatic nitrogens is 2. The third-order valence-electron chi connectivity index (χ3n) is 6.27. The molecule has 2 aromatic heterocycles. The van der Waals surface area contributed by atoms with Crippen molar-refractivity contribution in [2.45, 2.75) is 65.6 Å². The normalized spacial score (nSPS) is 12.6. The number of fused-ring (bicyclic) bond motifs is 2. The van der Waals surface area contributed by atoms with Crippen molar-refractivity contribution in [2.75, 3.05) is 0 Å². The minimum absolute atomic E-state index is 0.449. The Morgan fingerprint density at radius 3 is 1.50 bits per heavy atom. The van der Waals surface area contributed by atoms with Crippen molar-refractivity contribution in [3.8, 4) is 0 Å². The first-order valence-corrected chi connectivity index (χ1v) is 13.0. The Kier molecular flexibility index (Phi) is 7.96. The molecule has 5 heteroatoms. The van der Waals surface area contributed by atoms with Crippen LogP contribution in [0.1, 0.15) is 64.1 Å². The number of carbonyl (C=O) groups excluding carboxylic acids is 1. The molecule has 0 atom stereocenters. The van der Waals surface area contributed by atoms with Crippen molar-refractivity contribution in [1.29, 1.82) is 0 Å². The molecule has 0 aliphatic rings. The largest absolute Gasteiger partial charge is 0.509 e. The number of allylic oxidation sites excluding steroid dienone is 2. The van der Waals surface area contributed by atoms with Crippen LogP contribution >= 0.6 is 0 Å². The summed E-state index contributed by atoms with van der Waals surface area (Å²) in [7, 11) is 0. The predicted octanol–water partition coefficient (Wildman–Crippen LogP) is 8.34. The number of nitrogens with zero attached hydrogens (tertiary/aromatic N) is 2. The summed E-state index contributed by atoms with van der Waals surface area (Å²) in [5.74, 6) is 0. The van der Waals surface area contributed by atoms with Crippen LogP contribution in [-0.2, 0) is 22.3 Å². The minimum Gasteiger partial charge on any atom is -0.428 e. The number of hydrogen-bond acceptors (Lipinski definition) is 5. The molecule has 0 aliphatic heterocycles. The lowest BCUT2D eigenvalue weighted by Crippen LogP contribution is -2.37. The predicted molar refractivity (Wildman–Crippen MR) is 156 cm³/mol. The fourth-order valence-electron chi connectivity index (χ4n) is 4.63. The van der Waals surface area contributed by atoms with Crippen LogP contribution in [0.4, 0.5) is 4.79 Å². The number of hydrogen-bond donors (Lipinski definition) is 0. The van der Waals surface area contributed by atoms with Gasteiger partial charge in [0.15, 0.2) is 0 Å². The van der Waals surface area contributed by atoms with E-state index < -0.39 is 17.4 Å². The van der Waals surface area contributed by atoms with Gasteiger partial charge in [-0.05, 0) is 76.9 Å². The SMILES string of the molecule is C/C=C/c1cc2ccccc2nc1CC(C)(C)OC(=O)OC(C)(C)Cc1nc2ccccc2cc1/C=C/C. The van der Waals surface area contributed by atoms with Gasteiger partial charge in [-0.1, -0.05) is 60.7 Å². The average molecular weight is 509 g/mol. The van der Waals surface area contributed by atoms with Crippen LogP contribution < -0.4 is 0 Å². The number of benzene rings is 2. The third kappa shape index (κ3) is 6.65. The summed E-state index contributed by atoms with van der Waals surface area (Å²) in [6.07, 6.45) is 8.24. The lowest BCUT2D eigenvalue weighted by Gasteiger charge is -2.30. The van der Waals surface area contributed by atoms with E-state index in [1.807, 2.05) is 114 Å². The monoisotopic (exact) mass is 508 g/mol. The van der Waals surface area contributed by atoms with E-state index >= 15 is 0 Å². The number of pyridine rings is 2. The molecule has 0 spiro atoms. The summed E-state index contributed by atoms with van der Waals surface area (Å²) < 4.78 is 11.7. The highest BCUT2D eigenvalue weighted by Crippen LogP contribution is 2.27. The van der Waals surface area contributed by atoms with E-state index in [0.717, 1.165) is 44.3 Å². The molecule has 5 nitrogen and oxygen atoms in total. The first-order valence-electron chi connectivity index (χ1n) is 13.0. The third-order valence-corrected chi connectivity index (χ3v) is 6.27. The van der Waals surface area contributed by atoms with Crippen molar-refractivity contribution < 1.29 is 14.3 Å². The van der Waals surface area contributed by atoms with Gasteiger partial charge in [0.2, 0.25) is 0 Å². The molecule has 0 radical (unpaired) electrons. The van der Waals surface area contributed by atoms with Gasteiger partial charge in [0, 0.05) is 23.6 Å². The molecule has 196 valence electrons. The maximum Gasteiger partial charge on any atom is 0.509 e. The average Bonchev–Trinajstić information content (AvgIpc) is 2.83. The van der Waals surface area contributed by atoms with E-state index in [9.17, 15) is 4.79 Å². The van der Waals surface area contributed by atoms with Gasteiger partial charge in [-0.15, -0.1) is 0 Å². The lowest BCUT2D eigenvalue weighted by atomic mass is 9.97. The van der Waals surface area contributed by atoms with E-state index in [4.69, 9.17) is 19.4 Å². The van der Waals surface area contributed by atoms with E-state index in [1.165, 1.54) is 0 Å². The van der Waals surface area contributed by atoms with Crippen molar-refractivity contribution in [3.63, 3.8) is 0 Å². The van der Waals surface area contributed by atoms with Gasteiger partial charge in [-0.25, -0.2) is 4.79 Å². The van der Waals surface area contributed by atoms with E-state index in [-0.39, 0.29) is 0 Å². The van der Waals surface area contributed by atoms with E-state index in [1.54, 1.807) is 0 Å². The second kappa shape index (κ2) is 11.2. The van der Waals surface area contributed by atoms with Crippen LogP contribution in [0.15, 0.2) is 72.8 Å². The van der Waals surface area contributed by atoms with Crippen molar-refractivity contribution in [1.82, 2.24) is 9.97 Å². The molecule has 0 N–H and O–H groups in total. The molecule has 0 bridgehead atoms. The zero-order valence-corrected chi connectivity index (χ0v) is 23.1. The lowest BCUT2D eigenvalue weighted by molar-refractivity contribution is -0.0586. The fourth-order valence-corrected chi connectivity index (χ4v) is 4.63. The Labute approximate surface area is 225 Å². The molecule has 0 fully saturated rings. The van der Waals surface area contributed by atoms with Crippen LogP contribution in [0.2, 0.25) is 0 Å². The fraction of sp³-hybridized carbons (Fsp3) is 0.303. The highest BCUT2D eigenvalue weighted by molar-refractivity contribution is 5.82. The van der Waals surface area contributed by atoms with E-state index in [2.05, 4.69) is 12.1 Å². The van der Waals surface area contributed by atoms with Crippen LogP contribution in [0.25, 0.3) is 34.0 Å². The molecule has 4 rings (SSSR count). The second-order valence-corrected chi connectivity index (χ2v) is 10.8. The summed E-state index contributed by atoms with van der Waals surface area (Å²) in [5.41, 5.74) is 3.94. The minimum atomic E-state index is -0.823. The molecule has 0 saturated heterocycles. The second-order valence-electron chi connectivity index (χ2n) is 10.8. The first-order chi connectivity index (χ1) is 18.1. The summed E-state index contributed by atoms with van der Waals surface area (Å²) in [4.78, 5) is 22.7. The molecule has 0 aliphatic carbocycles. The Morgan fingerprint density at radius 1 is 0.711 bits per heavy atom. The number of ether oxygens (including phenoxy) is 2. The van der Waals surface area contributed by atoms with E-state index in [0.29, 0.717) is 12.8 Å². The van der Waals surface area contributed by atoms with Crippen LogP contribution in [0.3, 0.4) is 0 Å². The quantitative estimate of drug-likeness (QED) is 0.224. The van der Waals surface area contributed by atoms with Gasteiger partial charge in [0.05, 0.1) is 22.4 Å². The van der Waals surface area contributed by atoms with Crippen molar-refractivity contribution >= 4 is 40.1 Å². The number of rotatable bonds is 8. The molecule has 0 amide bonds. The molecular weight excluding hydrogens is 472 g/mol. The van der Waals surface area contributed by atoms with Crippen LogP contribution in [0.5, 0.6) is 0 Å².